The van der Waals surface area contributed by atoms with Crippen LogP contribution in [0.2, 0.25) is 0 Å². The van der Waals surface area contributed by atoms with Crippen LogP contribution in [0.5, 0.6) is 0 Å². The molecule has 0 amide bonds. The summed E-state index contributed by atoms with van der Waals surface area (Å²) in [6.45, 7) is 0.615. The second-order valence-corrected chi connectivity index (χ2v) is 2.93. The van der Waals surface area contributed by atoms with Gasteiger partial charge in [-0.1, -0.05) is 12.2 Å². The highest BCUT2D eigenvalue weighted by Crippen LogP contribution is 2.27. The van der Waals surface area contributed by atoms with Gasteiger partial charge in [0.25, 0.3) is 0 Å². The highest BCUT2D eigenvalue weighted by atomic mass is 19.4. The van der Waals surface area contributed by atoms with E-state index in [1.807, 2.05) is 0 Å². The van der Waals surface area contributed by atoms with Gasteiger partial charge < -0.3 is 5.32 Å². The monoisotopic (exact) mass is 216 g/mol. The Morgan fingerprint density at radius 3 is 2.80 bits per heavy atom. The van der Waals surface area contributed by atoms with Crippen molar-refractivity contribution < 1.29 is 13.2 Å². The molecule has 0 saturated heterocycles. The van der Waals surface area contributed by atoms with E-state index in [0.29, 0.717) is 12.1 Å². The predicted molar refractivity (Wildman–Crippen MR) is 52.2 cm³/mol. The third-order valence-electron chi connectivity index (χ3n) is 1.71. The predicted octanol–water partition coefficient (Wildman–Crippen LogP) is 2.33. The van der Waals surface area contributed by atoms with E-state index in [9.17, 15) is 13.2 Å². The minimum atomic E-state index is -4.38. The molecular weight excluding hydrogens is 205 g/mol. The Labute approximate surface area is 85.8 Å². The van der Waals surface area contributed by atoms with Crippen LogP contribution in [-0.4, -0.2) is 18.6 Å². The van der Waals surface area contributed by atoms with E-state index in [0.717, 1.165) is 12.3 Å². The molecule has 0 aliphatic carbocycles. The van der Waals surface area contributed by atoms with Gasteiger partial charge >= 0.3 is 6.18 Å². The maximum atomic E-state index is 12.3. The molecule has 0 saturated carbocycles. The molecule has 0 aromatic carbocycles. The maximum Gasteiger partial charge on any atom is 0.433 e. The number of likely N-dealkylation sites (N-methyl/N-ethyl adjacent to an activating group) is 1. The van der Waals surface area contributed by atoms with Crippen LogP contribution >= 0.6 is 0 Å². The molecule has 0 aliphatic rings. The summed E-state index contributed by atoms with van der Waals surface area (Å²) in [4.78, 5) is 3.26. The molecule has 1 rings (SSSR count). The number of hydrogen-bond acceptors (Lipinski definition) is 2. The van der Waals surface area contributed by atoms with E-state index in [1.165, 1.54) is 6.07 Å². The van der Waals surface area contributed by atoms with Gasteiger partial charge in [0, 0.05) is 12.7 Å². The maximum absolute atomic E-state index is 12.3. The molecule has 82 valence electrons. The molecule has 0 spiro atoms. The standard InChI is InChI=1S/C10H11F3N2/c1-14-5-2-3-8-4-6-15-9(7-8)10(11,12)13/h2-4,6-7,14H,5H2,1H3. The third kappa shape index (κ3) is 3.71. The van der Waals surface area contributed by atoms with Crippen LogP contribution in [0.1, 0.15) is 11.3 Å². The van der Waals surface area contributed by atoms with Gasteiger partial charge in [-0.25, -0.2) is 0 Å². The lowest BCUT2D eigenvalue weighted by Gasteiger charge is -2.05. The van der Waals surface area contributed by atoms with Crippen molar-refractivity contribution in [3.63, 3.8) is 0 Å². The summed E-state index contributed by atoms with van der Waals surface area (Å²) in [7, 11) is 1.76. The Hall–Kier alpha value is -1.36. The molecule has 1 aromatic heterocycles. The normalized spacial score (nSPS) is 12.3. The fraction of sp³-hybridized carbons (Fsp3) is 0.300. The Balaban J connectivity index is 2.84. The van der Waals surface area contributed by atoms with E-state index in [1.54, 1.807) is 19.2 Å². The number of nitrogens with one attached hydrogen (secondary N) is 1. The number of halogens is 3. The zero-order valence-corrected chi connectivity index (χ0v) is 8.17. The van der Waals surface area contributed by atoms with Gasteiger partial charge in [0.15, 0.2) is 0 Å². The number of alkyl halides is 3. The zero-order chi connectivity index (χ0) is 11.3. The molecular formula is C10H11F3N2. The first kappa shape index (κ1) is 11.7. The number of nitrogens with zero attached hydrogens (tertiary/aromatic N) is 1. The zero-order valence-electron chi connectivity index (χ0n) is 8.17. The van der Waals surface area contributed by atoms with Crippen molar-refractivity contribution in [3.05, 3.63) is 35.7 Å². The molecule has 0 atom stereocenters. The van der Waals surface area contributed by atoms with E-state index >= 15 is 0 Å². The minimum absolute atomic E-state index is 0.493. The smallest absolute Gasteiger partial charge is 0.316 e. The highest BCUT2D eigenvalue weighted by molar-refractivity contribution is 5.49. The second kappa shape index (κ2) is 4.93. The lowest BCUT2D eigenvalue weighted by molar-refractivity contribution is -0.141. The first-order valence-corrected chi connectivity index (χ1v) is 4.38. The largest absolute Gasteiger partial charge is 0.433 e. The van der Waals surface area contributed by atoms with Crippen molar-refractivity contribution in [2.24, 2.45) is 0 Å². The average molecular weight is 216 g/mol. The van der Waals surface area contributed by atoms with Crippen molar-refractivity contribution >= 4 is 6.08 Å². The first-order chi connectivity index (χ1) is 7.04. The number of hydrogen-bond donors (Lipinski definition) is 1. The topological polar surface area (TPSA) is 24.9 Å². The molecule has 0 fully saturated rings. The summed E-state index contributed by atoms with van der Waals surface area (Å²) >= 11 is 0. The fourth-order valence-electron chi connectivity index (χ4n) is 1.02. The SMILES string of the molecule is CNCC=Cc1ccnc(C(F)(F)F)c1. The van der Waals surface area contributed by atoms with Crippen molar-refractivity contribution in [1.82, 2.24) is 10.3 Å². The molecule has 1 N–H and O–H groups in total. The van der Waals surface area contributed by atoms with Gasteiger partial charge in [-0.3, -0.25) is 4.98 Å². The molecule has 5 heteroatoms. The van der Waals surface area contributed by atoms with Crippen molar-refractivity contribution in [2.75, 3.05) is 13.6 Å². The van der Waals surface area contributed by atoms with Crippen LogP contribution in [-0.2, 0) is 6.18 Å². The quantitative estimate of drug-likeness (QED) is 0.838. The molecule has 1 aromatic rings. The Morgan fingerprint density at radius 1 is 1.47 bits per heavy atom. The van der Waals surface area contributed by atoms with Crippen LogP contribution in [0.15, 0.2) is 24.4 Å². The van der Waals surface area contributed by atoms with Crippen LogP contribution in [0.25, 0.3) is 6.08 Å². The van der Waals surface area contributed by atoms with Crippen LogP contribution in [0, 0.1) is 0 Å². The summed E-state index contributed by atoms with van der Waals surface area (Å²) in [5.41, 5.74) is -0.373. The van der Waals surface area contributed by atoms with Gasteiger partial charge in [0.05, 0.1) is 0 Å². The van der Waals surface area contributed by atoms with E-state index in [2.05, 4.69) is 10.3 Å². The van der Waals surface area contributed by atoms with E-state index in [-0.39, 0.29) is 0 Å². The van der Waals surface area contributed by atoms with Gasteiger partial charge in [0.2, 0.25) is 0 Å². The van der Waals surface area contributed by atoms with Gasteiger partial charge in [-0.05, 0) is 24.7 Å². The summed E-state index contributed by atoms with van der Waals surface area (Å²) in [6, 6.07) is 2.55. The van der Waals surface area contributed by atoms with Gasteiger partial charge in [-0.15, -0.1) is 0 Å². The molecule has 0 bridgehead atoms. The summed E-state index contributed by atoms with van der Waals surface area (Å²) in [5.74, 6) is 0. The van der Waals surface area contributed by atoms with Crippen molar-refractivity contribution in [1.29, 1.82) is 0 Å². The first-order valence-electron chi connectivity index (χ1n) is 4.38. The molecule has 1 heterocycles. The van der Waals surface area contributed by atoms with Gasteiger partial charge in [-0.2, -0.15) is 13.2 Å². The molecule has 0 unspecified atom stereocenters. The Bertz CT molecular complexity index is 345. The van der Waals surface area contributed by atoms with Crippen LogP contribution in [0.3, 0.4) is 0 Å². The summed E-state index contributed by atoms with van der Waals surface area (Å²) < 4.78 is 36.8. The van der Waals surface area contributed by atoms with Crippen LogP contribution < -0.4 is 5.32 Å². The van der Waals surface area contributed by atoms with Crippen molar-refractivity contribution in [3.8, 4) is 0 Å². The lowest BCUT2D eigenvalue weighted by Crippen LogP contribution is -2.07. The highest BCUT2D eigenvalue weighted by Gasteiger charge is 2.32. The van der Waals surface area contributed by atoms with Crippen LogP contribution in [0.4, 0.5) is 13.2 Å². The number of pyridine rings is 1. The number of aromatic nitrogens is 1. The fourth-order valence-corrected chi connectivity index (χ4v) is 1.02. The number of rotatable bonds is 3. The van der Waals surface area contributed by atoms with E-state index < -0.39 is 11.9 Å². The summed E-state index contributed by atoms with van der Waals surface area (Å²) in [6.07, 6.45) is 0.137. The Morgan fingerprint density at radius 2 is 2.20 bits per heavy atom. The summed E-state index contributed by atoms with van der Waals surface area (Å²) in [5, 5.41) is 2.86. The lowest BCUT2D eigenvalue weighted by atomic mass is 10.2. The van der Waals surface area contributed by atoms with Gasteiger partial charge in [0.1, 0.15) is 5.69 Å². The molecule has 0 aliphatic heterocycles. The molecule has 0 radical (unpaired) electrons. The van der Waals surface area contributed by atoms with Crippen molar-refractivity contribution in [2.45, 2.75) is 6.18 Å². The molecule has 15 heavy (non-hydrogen) atoms. The molecule has 2 nitrogen and oxygen atoms in total. The third-order valence-corrected chi connectivity index (χ3v) is 1.71. The second-order valence-electron chi connectivity index (χ2n) is 2.93. The van der Waals surface area contributed by atoms with E-state index in [4.69, 9.17) is 0 Å². The minimum Gasteiger partial charge on any atom is -0.316 e. The average Bonchev–Trinajstić information content (AvgIpc) is 2.17. The Kier molecular flexibility index (Phi) is 3.85.